The van der Waals surface area contributed by atoms with Crippen LogP contribution in [-0.4, -0.2) is 43.4 Å². The summed E-state index contributed by atoms with van der Waals surface area (Å²) in [5.74, 6) is 1.62. The third-order valence-corrected chi connectivity index (χ3v) is 5.82. The number of imidazole rings is 1. The van der Waals surface area contributed by atoms with E-state index in [0.29, 0.717) is 11.5 Å². The topological polar surface area (TPSA) is 63.9 Å². The van der Waals surface area contributed by atoms with Crippen LogP contribution in [0, 0.1) is 5.92 Å². The van der Waals surface area contributed by atoms with Gasteiger partial charge in [0.25, 0.3) is 5.91 Å². The van der Waals surface area contributed by atoms with Crippen LogP contribution in [0.15, 0.2) is 73.3 Å². The number of benzene rings is 2. The smallest absolute Gasteiger partial charge is 0.253 e. The van der Waals surface area contributed by atoms with Crippen molar-refractivity contribution in [3.8, 4) is 11.4 Å². The molecule has 0 bridgehead atoms. The number of fused-ring (bicyclic) bond motifs is 1. The molecule has 0 N–H and O–H groups in total. The van der Waals surface area contributed by atoms with Crippen molar-refractivity contribution in [1.82, 2.24) is 24.4 Å². The van der Waals surface area contributed by atoms with E-state index in [9.17, 15) is 4.79 Å². The molecule has 1 aliphatic rings. The molecule has 150 valence electrons. The Balaban J connectivity index is 1.23. The van der Waals surface area contributed by atoms with Gasteiger partial charge in [0.05, 0.1) is 11.0 Å². The van der Waals surface area contributed by atoms with Gasteiger partial charge in [-0.3, -0.25) is 14.8 Å². The lowest BCUT2D eigenvalue weighted by Gasteiger charge is -2.32. The minimum absolute atomic E-state index is 0.0774. The number of likely N-dealkylation sites (tertiary alicyclic amines) is 1. The molecule has 5 rings (SSSR count). The molecule has 0 atom stereocenters. The van der Waals surface area contributed by atoms with E-state index in [4.69, 9.17) is 0 Å². The lowest BCUT2D eigenvalue weighted by molar-refractivity contribution is 0.0683. The predicted octanol–water partition coefficient (Wildman–Crippen LogP) is 4.05. The van der Waals surface area contributed by atoms with E-state index >= 15 is 0 Å². The Morgan fingerprint density at radius 3 is 2.47 bits per heavy atom. The molecular weight excluding hydrogens is 374 g/mol. The maximum atomic E-state index is 13.0. The summed E-state index contributed by atoms with van der Waals surface area (Å²) in [4.78, 5) is 28.1. The average Bonchev–Trinajstić information content (AvgIpc) is 3.27. The van der Waals surface area contributed by atoms with E-state index in [1.807, 2.05) is 47.5 Å². The third-order valence-electron chi connectivity index (χ3n) is 5.82. The number of carbonyl (C=O) groups is 1. The molecule has 30 heavy (non-hydrogen) atoms. The minimum atomic E-state index is 0.0774. The number of carbonyl (C=O) groups excluding carboxylic acids is 1. The summed E-state index contributed by atoms with van der Waals surface area (Å²) < 4.78 is 2.24. The van der Waals surface area contributed by atoms with Crippen molar-refractivity contribution in [3.63, 3.8) is 0 Å². The second-order valence-electron chi connectivity index (χ2n) is 7.76. The van der Waals surface area contributed by atoms with Crippen molar-refractivity contribution in [2.24, 2.45) is 5.92 Å². The number of rotatable bonds is 4. The quantitative estimate of drug-likeness (QED) is 0.521. The zero-order chi connectivity index (χ0) is 20.3. The van der Waals surface area contributed by atoms with Crippen LogP contribution < -0.4 is 0 Å². The normalized spacial score (nSPS) is 14.9. The second-order valence-corrected chi connectivity index (χ2v) is 7.76. The molecule has 1 saturated heterocycles. The van der Waals surface area contributed by atoms with Gasteiger partial charge in [-0.15, -0.1) is 0 Å². The van der Waals surface area contributed by atoms with Crippen LogP contribution in [0.1, 0.15) is 23.2 Å². The molecule has 0 aliphatic carbocycles. The molecule has 0 spiro atoms. The number of piperidine rings is 1. The number of hydrogen-bond donors (Lipinski definition) is 0. The van der Waals surface area contributed by atoms with Crippen molar-refractivity contribution < 1.29 is 4.79 Å². The highest BCUT2D eigenvalue weighted by atomic mass is 16.2. The molecule has 1 aliphatic heterocycles. The average molecular weight is 397 g/mol. The fraction of sp³-hybridized carbons (Fsp3) is 0.250. The van der Waals surface area contributed by atoms with Gasteiger partial charge < -0.3 is 9.47 Å². The van der Waals surface area contributed by atoms with Gasteiger partial charge in [-0.1, -0.05) is 30.3 Å². The van der Waals surface area contributed by atoms with Crippen molar-refractivity contribution in [2.75, 3.05) is 13.1 Å². The fourth-order valence-corrected chi connectivity index (χ4v) is 4.18. The zero-order valence-electron chi connectivity index (χ0n) is 16.7. The van der Waals surface area contributed by atoms with Crippen LogP contribution in [0.2, 0.25) is 0 Å². The summed E-state index contributed by atoms with van der Waals surface area (Å²) in [5.41, 5.74) is 3.38. The minimum Gasteiger partial charge on any atom is -0.339 e. The van der Waals surface area contributed by atoms with Gasteiger partial charge in [-0.2, -0.15) is 0 Å². The highest BCUT2D eigenvalue weighted by Crippen LogP contribution is 2.24. The van der Waals surface area contributed by atoms with Crippen LogP contribution in [0.4, 0.5) is 0 Å². The summed E-state index contributed by atoms with van der Waals surface area (Å²) in [7, 11) is 0. The monoisotopic (exact) mass is 397 g/mol. The summed E-state index contributed by atoms with van der Waals surface area (Å²) in [6, 6.07) is 15.8. The van der Waals surface area contributed by atoms with Gasteiger partial charge in [-0.25, -0.2) is 4.98 Å². The molecule has 0 saturated carbocycles. The molecule has 3 heterocycles. The molecule has 6 heteroatoms. The Morgan fingerprint density at radius 1 is 0.900 bits per heavy atom. The van der Waals surface area contributed by atoms with Crippen LogP contribution in [0.25, 0.3) is 22.4 Å². The lowest BCUT2D eigenvalue weighted by Crippen LogP contribution is -2.39. The largest absolute Gasteiger partial charge is 0.339 e. The first-order valence-corrected chi connectivity index (χ1v) is 10.3. The summed E-state index contributed by atoms with van der Waals surface area (Å²) in [6.07, 6.45) is 9.22. The highest BCUT2D eigenvalue weighted by molar-refractivity contribution is 5.97. The van der Waals surface area contributed by atoms with Gasteiger partial charge in [0.15, 0.2) is 0 Å². The molecule has 6 nitrogen and oxygen atoms in total. The molecule has 0 unspecified atom stereocenters. The van der Waals surface area contributed by atoms with Crippen LogP contribution >= 0.6 is 0 Å². The van der Waals surface area contributed by atoms with E-state index in [2.05, 4.69) is 37.8 Å². The first kappa shape index (κ1) is 18.5. The number of aromatic nitrogens is 4. The van der Waals surface area contributed by atoms with Gasteiger partial charge in [0.2, 0.25) is 0 Å². The van der Waals surface area contributed by atoms with Crippen LogP contribution in [-0.2, 0) is 6.54 Å². The first-order valence-electron chi connectivity index (χ1n) is 10.3. The highest BCUT2D eigenvalue weighted by Gasteiger charge is 2.24. The fourth-order valence-electron chi connectivity index (χ4n) is 4.18. The number of hydrogen-bond acceptors (Lipinski definition) is 4. The van der Waals surface area contributed by atoms with Crippen LogP contribution in [0.5, 0.6) is 0 Å². The van der Waals surface area contributed by atoms with E-state index < -0.39 is 0 Å². The number of amides is 1. The Morgan fingerprint density at radius 2 is 1.67 bits per heavy atom. The van der Waals surface area contributed by atoms with Gasteiger partial charge >= 0.3 is 0 Å². The Bertz CT molecular complexity index is 1160. The maximum absolute atomic E-state index is 13.0. The van der Waals surface area contributed by atoms with Crippen molar-refractivity contribution in [2.45, 2.75) is 19.4 Å². The maximum Gasteiger partial charge on any atom is 0.253 e. The molecule has 1 fully saturated rings. The van der Waals surface area contributed by atoms with Gasteiger partial charge in [-0.05, 0) is 37.0 Å². The van der Waals surface area contributed by atoms with Crippen molar-refractivity contribution in [3.05, 3.63) is 78.9 Å². The third kappa shape index (κ3) is 3.68. The summed E-state index contributed by atoms with van der Waals surface area (Å²) >= 11 is 0. The zero-order valence-corrected chi connectivity index (χ0v) is 16.7. The predicted molar refractivity (Wildman–Crippen MR) is 116 cm³/mol. The van der Waals surface area contributed by atoms with Crippen molar-refractivity contribution in [1.29, 1.82) is 0 Å². The lowest BCUT2D eigenvalue weighted by atomic mass is 9.96. The van der Waals surface area contributed by atoms with E-state index in [0.717, 1.165) is 54.9 Å². The van der Waals surface area contributed by atoms with E-state index in [1.54, 1.807) is 12.4 Å². The molecule has 0 radical (unpaired) electrons. The standard InChI is InChI=1S/C24H23N5O/c30-24(20-6-7-21-22(16-20)26-11-10-25-21)28-13-8-18(9-14-28)17-29-15-12-27-23(29)19-4-2-1-3-5-19/h1-7,10-12,15-16,18H,8-9,13-14,17H2. The Labute approximate surface area is 175 Å². The van der Waals surface area contributed by atoms with E-state index in [-0.39, 0.29) is 5.91 Å². The second kappa shape index (κ2) is 8.06. The molecule has 4 aromatic rings. The van der Waals surface area contributed by atoms with Crippen molar-refractivity contribution >= 4 is 16.9 Å². The first-order chi connectivity index (χ1) is 14.8. The number of nitrogens with zero attached hydrogens (tertiary/aromatic N) is 5. The Kier molecular flexibility index (Phi) is 4.97. The van der Waals surface area contributed by atoms with Crippen LogP contribution in [0.3, 0.4) is 0 Å². The molecule has 1 amide bonds. The summed E-state index contributed by atoms with van der Waals surface area (Å²) in [6.45, 7) is 2.48. The SMILES string of the molecule is O=C(c1ccc2nccnc2c1)N1CCC(Cn2ccnc2-c2ccccc2)CC1. The van der Waals surface area contributed by atoms with Gasteiger partial charge in [0.1, 0.15) is 5.82 Å². The molecular formula is C24H23N5O. The molecule has 2 aromatic carbocycles. The molecule has 2 aromatic heterocycles. The summed E-state index contributed by atoms with van der Waals surface area (Å²) in [5, 5.41) is 0. The Hall–Kier alpha value is -3.54. The van der Waals surface area contributed by atoms with Gasteiger partial charge in [0, 0.05) is 55.5 Å². The van der Waals surface area contributed by atoms with E-state index in [1.165, 1.54) is 0 Å².